The van der Waals surface area contributed by atoms with Crippen molar-refractivity contribution in [2.45, 2.75) is 26.8 Å². The van der Waals surface area contributed by atoms with Crippen LogP contribution in [0.3, 0.4) is 0 Å². The van der Waals surface area contributed by atoms with Crippen LogP contribution in [0.25, 0.3) is 0 Å². The first-order valence-electron chi connectivity index (χ1n) is 7.39. The van der Waals surface area contributed by atoms with E-state index in [2.05, 4.69) is 15.3 Å². The van der Waals surface area contributed by atoms with Crippen molar-refractivity contribution in [1.82, 2.24) is 14.7 Å². The van der Waals surface area contributed by atoms with Crippen LogP contribution in [0.15, 0.2) is 0 Å². The predicted molar refractivity (Wildman–Crippen MR) is 86.2 cm³/mol. The van der Waals surface area contributed by atoms with Crippen LogP contribution < -0.4 is 5.32 Å². The molecule has 1 saturated heterocycles. The summed E-state index contributed by atoms with van der Waals surface area (Å²) < 4.78 is 1.72. The fourth-order valence-corrected chi connectivity index (χ4v) is 3.48. The number of hydrogen-bond donors (Lipinski definition) is 1. The summed E-state index contributed by atoms with van der Waals surface area (Å²) in [5.74, 6) is 2.89. The van der Waals surface area contributed by atoms with Crippen molar-refractivity contribution in [2.24, 2.45) is 0 Å². The van der Waals surface area contributed by atoms with Gasteiger partial charge in [0.15, 0.2) is 0 Å². The van der Waals surface area contributed by atoms with E-state index in [4.69, 9.17) is 0 Å². The molecular weight excluding hydrogens is 290 g/mol. The lowest BCUT2D eigenvalue weighted by Crippen LogP contribution is -2.36. The third-order valence-electron chi connectivity index (χ3n) is 3.54. The summed E-state index contributed by atoms with van der Waals surface area (Å²) in [6.07, 6.45) is 0.899. The van der Waals surface area contributed by atoms with Gasteiger partial charge in [0.05, 0.1) is 4.92 Å². The monoisotopic (exact) mass is 313 g/mol. The Hall–Kier alpha value is -1.28. The molecule has 0 radical (unpaired) electrons. The molecule has 0 spiro atoms. The van der Waals surface area contributed by atoms with Gasteiger partial charge in [0.2, 0.25) is 5.82 Å². The van der Waals surface area contributed by atoms with Gasteiger partial charge in [-0.2, -0.15) is 16.9 Å². The highest BCUT2D eigenvalue weighted by Crippen LogP contribution is 2.28. The summed E-state index contributed by atoms with van der Waals surface area (Å²) in [7, 11) is 0. The summed E-state index contributed by atoms with van der Waals surface area (Å²) in [4.78, 5) is 13.3. The molecule has 1 fully saturated rings. The molecule has 8 heteroatoms. The smallest absolute Gasteiger partial charge is 0.333 e. The number of aryl methyl sites for hydroxylation is 2. The van der Waals surface area contributed by atoms with Crippen LogP contribution in [-0.2, 0) is 6.54 Å². The number of thioether (sulfide) groups is 1. The average molecular weight is 313 g/mol. The molecule has 0 aromatic carbocycles. The van der Waals surface area contributed by atoms with E-state index in [9.17, 15) is 10.1 Å². The maximum Gasteiger partial charge on any atom is 0.333 e. The van der Waals surface area contributed by atoms with Gasteiger partial charge in [-0.1, -0.05) is 6.92 Å². The molecule has 0 amide bonds. The minimum atomic E-state index is -0.339. The molecule has 0 aliphatic carbocycles. The zero-order chi connectivity index (χ0) is 15.2. The molecule has 0 unspecified atom stereocenters. The van der Waals surface area contributed by atoms with Gasteiger partial charge in [-0.05, 0) is 13.3 Å². The van der Waals surface area contributed by atoms with Gasteiger partial charge in [0.25, 0.3) is 0 Å². The van der Waals surface area contributed by atoms with Crippen molar-refractivity contribution in [1.29, 1.82) is 0 Å². The number of rotatable bonds is 7. The molecule has 2 heterocycles. The van der Waals surface area contributed by atoms with E-state index in [0.717, 1.165) is 26.1 Å². The van der Waals surface area contributed by atoms with Crippen LogP contribution >= 0.6 is 11.8 Å². The zero-order valence-corrected chi connectivity index (χ0v) is 13.5. The van der Waals surface area contributed by atoms with Gasteiger partial charge in [-0.25, -0.2) is 4.68 Å². The number of nitrogens with zero attached hydrogens (tertiary/aromatic N) is 4. The van der Waals surface area contributed by atoms with Crippen molar-refractivity contribution in [3.63, 3.8) is 0 Å². The van der Waals surface area contributed by atoms with Crippen LogP contribution in [0.1, 0.15) is 19.0 Å². The molecule has 7 nitrogen and oxygen atoms in total. The topological polar surface area (TPSA) is 76.2 Å². The molecule has 1 aliphatic rings. The first-order chi connectivity index (χ1) is 10.1. The lowest BCUT2D eigenvalue weighted by molar-refractivity contribution is -0.384. The Morgan fingerprint density at radius 2 is 2.10 bits per heavy atom. The third kappa shape index (κ3) is 4.10. The minimum Gasteiger partial charge on any atom is -0.363 e. The highest BCUT2D eigenvalue weighted by Gasteiger charge is 2.24. The molecule has 21 heavy (non-hydrogen) atoms. The van der Waals surface area contributed by atoms with E-state index in [1.165, 1.54) is 11.5 Å². The van der Waals surface area contributed by atoms with Crippen molar-refractivity contribution in [2.75, 3.05) is 43.0 Å². The zero-order valence-electron chi connectivity index (χ0n) is 12.7. The summed E-state index contributed by atoms with van der Waals surface area (Å²) in [6.45, 7) is 8.24. The maximum atomic E-state index is 11.2. The van der Waals surface area contributed by atoms with Crippen LogP contribution in [0, 0.1) is 17.0 Å². The standard InChI is InChI=1S/C13H23N5O2S/c1-3-5-17-13(12(18(19)20)11(2)15-17)14-4-6-16-7-9-21-10-8-16/h14H,3-10H2,1-2H3. The highest BCUT2D eigenvalue weighted by atomic mass is 32.2. The van der Waals surface area contributed by atoms with Crippen LogP contribution in [0.5, 0.6) is 0 Å². The normalized spacial score (nSPS) is 16.1. The molecule has 1 aliphatic heterocycles. The molecule has 118 valence electrons. The molecule has 0 atom stereocenters. The van der Waals surface area contributed by atoms with E-state index < -0.39 is 0 Å². The Bertz CT molecular complexity index is 485. The average Bonchev–Trinajstić information content (AvgIpc) is 2.76. The molecule has 1 aromatic rings. The first-order valence-corrected chi connectivity index (χ1v) is 8.54. The molecule has 1 N–H and O–H groups in total. The van der Waals surface area contributed by atoms with Gasteiger partial charge in [-0.15, -0.1) is 0 Å². The van der Waals surface area contributed by atoms with Crippen molar-refractivity contribution >= 4 is 23.3 Å². The van der Waals surface area contributed by atoms with Gasteiger partial charge in [0, 0.05) is 44.2 Å². The van der Waals surface area contributed by atoms with Crippen LogP contribution in [0.2, 0.25) is 0 Å². The highest BCUT2D eigenvalue weighted by molar-refractivity contribution is 7.99. The van der Waals surface area contributed by atoms with E-state index in [1.54, 1.807) is 11.6 Å². The Morgan fingerprint density at radius 3 is 2.71 bits per heavy atom. The van der Waals surface area contributed by atoms with E-state index in [0.29, 0.717) is 24.6 Å². The summed E-state index contributed by atoms with van der Waals surface area (Å²) in [5.41, 5.74) is 0.586. The number of aromatic nitrogens is 2. The van der Waals surface area contributed by atoms with Crippen LogP contribution in [-0.4, -0.2) is 57.3 Å². The van der Waals surface area contributed by atoms with E-state index in [-0.39, 0.29) is 10.6 Å². The number of hydrogen-bond acceptors (Lipinski definition) is 6. The number of nitrogens with one attached hydrogen (secondary N) is 1. The quantitative estimate of drug-likeness (QED) is 0.612. The molecule has 0 bridgehead atoms. The van der Waals surface area contributed by atoms with Crippen molar-refractivity contribution < 1.29 is 4.92 Å². The first kappa shape index (κ1) is 16.1. The fraction of sp³-hybridized carbons (Fsp3) is 0.769. The Kier molecular flexibility index (Phi) is 5.86. The minimum absolute atomic E-state index is 0.109. The lowest BCUT2D eigenvalue weighted by atomic mass is 10.3. The van der Waals surface area contributed by atoms with Crippen molar-refractivity contribution in [3.05, 3.63) is 15.8 Å². The number of nitro groups is 1. The van der Waals surface area contributed by atoms with Gasteiger partial charge < -0.3 is 5.32 Å². The van der Waals surface area contributed by atoms with E-state index in [1.807, 2.05) is 18.7 Å². The Morgan fingerprint density at radius 1 is 1.38 bits per heavy atom. The molecular formula is C13H23N5O2S. The number of anilines is 1. The molecule has 2 rings (SSSR count). The Balaban J connectivity index is 2.01. The molecule has 1 aromatic heterocycles. The largest absolute Gasteiger partial charge is 0.363 e. The maximum absolute atomic E-state index is 11.2. The fourth-order valence-electron chi connectivity index (χ4n) is 2.50. The third-order valence-corrected chi connectivity index (χ3v) is 4.48. The van der Waals surface area contributed by atoms with Gasteiger partial charge in [0.1, 0.15) is 5.69 Å². The summed E-state index contributed by atoms with van der Waals surface area (Å²) in [6, 6.07) is 0. The second-order valence-corrected chi connectivity index (χ2v) is 6.37. The summed E-state index contributed by atoms with van der Waals surface area (Å²) in [5, 5.41) is 18.7. The van der Waals surface area contributed by atoms with Gasteiger partial charge >= 0.3 is 5.69 Å². The second-order valence-electron chi connectivity index (χ2n) is 5.14. The predicted octanol–water partition coefficient (Wildman–Crippen LogP) is 1.97. The van der Waals surface area contributed by atoms with Crippen molar-refractivity contribution in [3.8, 4) is 0 Å². The van der Waals surface area contributed by atoms with Gasteiger partial charge in [-0.3, -0.25) is 15.0 Å². The summed E-state index contributed by atoms with van der Waals surface area (Å²) >= 11 is 1.98. The lowest BCUT2D eigenvalue weighted by Gasteiger charge is -2.26. The van der Waals surface area contributed by atoms with E-state index >= 15 is 0 Å². The second kappa shape index (κ2) is 7.65. The SMILES string of the molecule is CCCn1nc(C)c([N+](=O)[O-])c1NCCN1CCSCC1. The molecule has 0 saturated carbocycles. The van der Waals surface area contributed by atoms with Crippen LogP contribution in [0.4, 0.5) is 11.5 Å². The Labute approximate surface area is 129 Å².